The maximum Gasteiger partial charge on any atom is 0.243 e. The monoisotopic (exact) mass is 408 g/mol. The molecule has 1 aromatic carbocycles. The lowest BCUT2D eigenvalue weighted by Crippen LogP contribution is -2.46. The number of nitrogens with zero attached hydrogens (tertiary/aromatic N) is 2. The van der Waals surface area contributed by atoms with Crippen LogP contribution < -0.4 is 0 Å². The van der Waals surface area contributed by atoms with E-state index in [-0.39, 0.29) is 17.6 Å². The van der Waals surface area contributed by atoms with Gasteiger partial charge in [0.1, 0.15) is 0 Å². The van der Waals surface area contributed by atoms with Crippen LogP contribution in [-0.2, 0) is 14.8 Å². The van der Waals surface area contributed by atoms with Gasteiger partial charge >= 0.3 is 0 Å². The van der Waals surface area contributed by atoms with E-state index >= 15 is 0 Å². The van der Waals surface area contributed by atoms with Gasteiger partial charge in [-0.05, 0) is 55.7 Å². The van der Waals surface area contributed by atoms with Gasteiger partial charge in [-0.25, -0.2) is 8.42 Å². The minimum Gasteiger partial charge on any atom is -0.392 e. The molecule has 1 N–H and O–H groups in total. The average Bonchev–Trinajstić information content (AvgIpc) is 3.08. The second-order valence-corrected chi connectivity index (χ2v) is 10.9. The zero-order chi connectivity index (χ0) is 19.8. The number of benzene rings is 1. The molecule has 0 unspecified atom stereocenters. The third-order valence-corrected chi connectivity index (χ3v) is 8.83. The smallest absolute Gasteiger partial charge is 0.243 e. The Bertz CT molecular complexity index is 762. The van der Waals surface area contributed by atoms with Crippen LogP contribution in [0.25, 0.3) is 0 Å². The van der Waals surface area contributed by atoms with Crippen LogP contribution in [0.3, 0.4) is 0 Å². The molecule has 3 saturated heterocycles. The number of hydrogen-bond acceptors (Lipinski definition) is 5. The number of ether oxygens (including phenoxy) is 1. The summed E-state index contributed by atoms with van der Waals surface area (Å²) in [6.45, 7) is 6.59. The number of β-amino-alcohol motifs (C(OH)–C–C–N with tert-alkyl or cyclic N) is 1. The van der Waals surface area contributed by atoms with E-state index in [4.69, 9.17) is 4.74 Å². The Kier molecular flexibility index (Phi) is 5.82. The number of hydrogen-bond donors (Lipinski definition) is 1. The summed E-state index contributed by atoms with van der Waals surface area (Å²) in [6.07, 6.45) is 3.69. The summed E-state index contributed by atoms with van der Waals surface area (Å²) in [4.78, 5) is 2.70. The standard InChI is InChI=1S/C21H32N2O4S/c1-17-7-10-22(15-20(17)24)14-18-13-21(16-27-18)8-11-23(12-9-21)28(25,26)19-5-3-2-4-6-19/h2-6,17-18,20,24H,7-16H2,1H3/t17-,18+,20-/m1/s1. The zero-order valence-electron chi connectivity index (χ0n) is 16.7. The molecule has 3 fully saturated rings. The first-order valence-corrected chi connectivity index (χ1v) is 11.9. The van der Waals surface area contributed by atoms with Gasteiger partial charge < -0.3 is 9.84 Å². The molecule has 0 saturated carbocycles. The van der Waals surface area contributed by atoms with Crippen LogP contribution in [0.5, 0.6) is 0 Å². The summed E-state index contributed by atoms with van der Waals surface area (Å²) in [6, 6.07) is 8.71. The Labute approximate surface area is 168 Å². The van der Waals surface area contributed by atoms with E-state index < -0.39 is 10.0 Å². The Morgan fingerprint density at radius 1 is 1.18 bits per heavy atom. The van der Waals surface area contributed by atoms with Crippen molar-refractivity contribution in [3.05, 3.63) is 30.3 Å². The molecule has 1 aromatic rings. The van der Waals surface area contributed by atoms with Crippen molar-refractivity contribution in [2.45, 2.75) is 49.7 Å². The molecule has 4 rings (SSSR count). The van der Waals surface area contributed by atoms with Crippen molar-refractivity contribution in [1.82, 2.24) is 9.21 Å². The first kappa shape index (κ1) is 20.3. The van der Waals surface area contributed by atoms with Gasteiger partial charge in [-0.3, -0.25) is 4.90 Å². The maximum absolute atomic E-state index is 12.8. The fourth-order valence-electron chi connectivity index (χ4n) is 4.87. The van der Waals surface area contributed by atoms with Crippen molar-refractivity contribution < 1.29 is 18.3 Å². The van der Waals surface area contributed by atoms with E-state index in [2.05, 4.69) is 11.8 Å². The molecule has 3 heterocycles. The molecule has 3 aliphatic rings. The predicted octanol–water partition coefficient (Wildman–Crippen LogP) is 1.95. The summed E-state index contributed by atoms with van der Waals surface area (Å²) in [5.74, 6) is 0.378. The van der Waals surface area contributed by atoms with Crippen molar-refractivity contribution in [2.75, 3.05) is 39.3 Å². The van der Waals surface area contributed by atoms with Crippen molar-refractivity contribution in [2.24, 2.45) is 11.3 Å². The largest absolute Gasteiger partial charge is 0.392 e. The first-order chi connectivity index (χ1) is 13.4. The van der Waals surface area contributed by atoms with Crippen LogP contribution in [0.1, 0.15) is 32.6 Å². The molecule has 0 bridgehead atoms. The second kappa shape index (κ2) is 8.03. The molecule has 6 nitrogen and oxygen atoms in total. The number of aliphatic hydroxyl groups is 1. The second-order valence-electron chi connectivity index (χ2n) is 8.95. The van der Waals surface area contributed by atoms with E-state index in [0.717, 1.165) is 51.9 Å². The van der Waals surface area contributed by atoms with Crippen LogP contribution in [0, 0.1) is 11.3 Å². The molecule has 7 heteroatoms. The summed E-state index contributed by atoms with van der Waals surface area (Å²) < 4.78 is 33.4. The molecule has 3 aliphatic heterocycles. The van der Waals surface area contributed by atoms with Gasteiger partial charge in [-0.15, -0.1) is 0 Å². The van der Waals surface area contributed by atoms with E-state index in [1.165, 1.54) is 0 Å². The topological polar surface area (TPSA) is 70.1 Å². The fourth-order valence-corrected chi connectivity index (χ4v) is 6.33. The Morgan fingerprint density at radius 2 is 1.89 bits per heavy atom. The minimum absolute atomic E-state index is 0.106. The molecule has 0 radical (unpaired) electrons. The van der Waals surface area contributed by atoms with Gasteiger partial charge in [0, 0.05) is 26.2 Å². The minimum atomic E-state index is -3.40. The van der Waals surface area contributed by atoms with Gasteiger partial charge in [0.15, 0.2) is 0 Å². The third kappa shape index (κ3) is 4.14. The predicted molar refractivity (Wildman–Crippen MR) is 107 cm³/mol. The third-order valence-electron chi connectivity index (χ3n) is 6.91. The van der Waals surface area contributed by atoms with Crippen molar-refractivity contribution in [1.29, 1.82) is 0 Å². The van der Waals surface area contributed by atoms with Gasteiger partial charge in [0.25, 0.3) is 0 Å². The summed E-state index contributed by atoms with van der Waals surface area (Å²) in [5.41, 5.74) is 0.106. The first-order valence-electron chi connectivity index (χ1n) is 10.5. The number of aliphatic hydroxyl groups excluding tert-OH is 1. The van der Waals surface area contributed by atoms with Crippen molar-refractivity contribution >= 4 is 10.0 Å². The normalized spacial score (nSPS) is 32.0. The van der Waals surface area contributed by atoms with Gasteiger partial charge in [0.05, 0.1) is 23.7 Å². The van der Waals surface area contributed by atoms with Crippen LogP contribution in [0.2, 0.25) is 0 Å². The van der Waals surface area contributed by atoms with E-state index in [0.29, 0.717) is 23.9 Å². The highest BCUT2D eigenvalue weighted by Crippen LogP contribution is 2.43. The van der Waals surface area contributed by atoms with Gasteiger partial charge in [0.2, 0.25) is 10.0 Å². The fraction of sp³-hybridized carbons (Fsp3) is 0.714. The van der Waals surface area contributed by atoms with Gasteiger partial charge in [-0.2, -0.15) is 4.31 Å². The van der Waals surface area contributed by atoms with Crippen molar-refractivity contribution in [3.8, 4) is 0 Å². The van der Waals surface area contributed by atoms with Gasteiger partial charge in [-0.1, -0.05) is 25.1 Å². The Balaban J connectivity index is 1.31. The van der Waals surface area contributed by atoms with E-state index in [1.807, 2.05) is 6.07 Å². The summed E-state index contributed by atoms with van der Waals surface area (Å²) >= 11 is 0. The number of sulfonamides is 1. The summed E-state index contributed by atoms with van der Waals surface area (Å²) in [7, 11) is -3.40. The number of likely N-dealkylation sites (tertiary alicyclic amines) is 1. The highest BCUT2D eigenvalue weighted by Gasteiger charge is 2.45. The zero-order valence-corrected chi connectivity index (χ0v) is 17.5. The SMILES string of the molecule is C[C@@H]1CCN(C[C@@H]2CC3(CCN(S(=O)(=O)c4ccccc4)CC3)CO2)C[C@H]1O. The van der Waals surface area contributed by atoms with E-state index in [1.54, 1.807) is 28.6 Å². The number of rotatable bonds is 4. The maximum atomic E-state index is 12.8. The molecule has 0 aromatic heterocycles. The molecular formula is C21H32N2O4S. The molecule has 0 aliphatic carbocycles. The van der Waals surface area contributed by atoms with Crippen LogP contribution in [0.4, 0.5) is 0 Å². The molecule has 28 heavy (non-hydrogen) atoms. The molecule has 3 atom stereocenters. The lowest BCUT2D eigenvalue weighted by molar-refractivity contribution is 0.00123. The Morgan fingerprint density at radius 3 is 2.57 bits per heavy atom. The summed E-state index contributed by atoms with van der Waals surface area (Å²) in [5, 5.41) is 10.1. The average molecular weight is 409 g/mol. The van der Waals surface area contributed by atoms with Crippen LogP contribution in [0.15, 0.2) is 35.2 Å². The van der Waals surface area contributed by atoms with Crippen LogP contribution >= 0.6 is 0 Å². The molecule has 1 spiro atoms. The molecule has 0 amide bonds. The lowest BCUT2D eigenvalue weighted by atomic mass is 9.77. The Hall–Kier alpha value is -0.990. The highest BCUT2D eigenvalue weighted by atomic mass is 32.2. The van der Waals surface area contributed by atoms with Crippen LogP contribution in [-0.4, -0.2) is 74.3 Å². The lowest BCUT2D eigenvalue weighted by Gasteiger charge is -2.38. The molecular weight excluding hydrogens is 376 g/mol. The van der Waals surface area contributed by atoms with E-state index in [9.17, 15) is 13.5 Å². The number of piperidine rings is 2. The highest BCUT2D eigenvalue weighted by molar-refractivity contribution is 7.89. The quantitative estimate of drug-likeness (QED) is 0.825. The van der Waals surface area contributed by atoms with Crippen molar-refractivity contribution in [3.63, 3.8) is 0 Å². The molecule has 156 valence electrons.